The highest BCUT2D eigenvalue weighted by Crippen LogP contribution is 2.35. The van der Waals surface area contributed by atoms with Crippen molar-refractivity contribution in [3.05, 3.63) is 58.4 Å². The molecule has 5 nitrogen and oxygen atoms in total. The lowest BCUT2D eigenvalue weighted by atomic mass is 10.0. The van der Waals surface area contributed by atoms with Gasteiger partial charge in [-0.25, -0.2) is 8.78 Å². The van der Waals surface area contributed by atoms with E-state index in [0.29, 0.717) is 22.4 Å². The largest absolute Gasteiger partial charge is 0.494 e. The molecule has 3 N–H and O–H groups in total. The molecular formula is C18H17ClF2N2O3. The van der Waals surface area contributed by atoms with E-state index >= 15 is 0 Å². The minimum absolute atomic E-state index is 0. The van der Waals surface area contributed by atoms with Gasteiger partial charge < -0.3 is 20.2 Å². The van der Waals surface area contributed by atoms with E-state index in [1.807, 2.05) is 0 Å². The lowest BCUT2D eigenvalue weighted by Crippen LogP contribution is -2.15. The zero-order chi connectivity index (χ0) is 18.0. The monoisotopic (exact) mass is 382 g/mol. The van der Waals surface area contributed by atoms with Crippen LogP contribution in [0.4, 0.5) is 8.78 Å². The molecule has 0 aliphatic heterocycles. The van der Waals surface area contributed by atoms with E-state index in [4.69, 9.17) is 15.2 Å². The molecule has 0 fully saturated rings. The van der Waals surface area contributed by atoms with Crippen molar-refractivity contribution in [2.45, 2.75) is 0 Å². The van der Waals surface area contributed by atoms with Gasteiger partial charge in [-0.15, -0.1) is 12.4 Å². The van der Waals surface area contributed by atoms with E-state index in [1.54, 1.807) is 6.07 Å². The number of rotatable bonds is 5. The molecule has 0 aliphatic rings. The van der Waals surface area contributed by atoms with Gasteiger partial charge in [-0.05, 0) is 36.4 Å². The summed E-state index contributed by atoms with van der Waals surface area (Å²) in [6.45, 7) is 0.433. The van der Waals surface area contributed by atoms with Crippen LogP contribution in [0.25, 0.3) is 22.0 Å². The van der Waals surface area contributed by atoms with Crippen LogP contribution in [0.2, 0.25) is 0 Å². The normalized spacial score (nSPS) is 10.5. The number of benzene rings is 2. The molecule has 0 unspecified atom stereocenters. The summed E-state index contributed by atoms with van der Waals surface area (Å²) in [7, 11) is 1.36. The molecule has 0 atom stereocenters. The first-order valence-electron chi connectivity index (χ1n) is 7.57. The number of nitrogens with two attached hydrogens (primary N) is 1. The smallest absolute Gasteiger partial charge is 0.256 e. The molecule has 1 heterocycles. The molecule has 0 saturated heterocycles. The molecule has 26 heavy (non-hydrogen) atoms. The van der Waals surface area contributed by atoms with Crippen molar-refractivity contribution in [2.24, 2.45) is 5.73 Å². The number of fused-ring (bicyclic) bond motifs is 1. The van der Waals surface area contributed by atoms with Crippen LogP contribution in [0.3, 0.4) is 0 Å². The highest BCUT2D eigenvalue weighted by atomic mass is 35.5. The Kier molecular flexibility index (Phi) is 6.18. The summed E-state index contributed by atoms with van der Waals surface area (Å²) in [5, 5.41) is 0.564. The molecule has 0 aliphatic carbocycles. The predicted molar refractivity (Wildman–Crippen MR) is 98.3 cm³/mol. The number of pyridine rings is 1. The minimum Gasteiger partial charge on any atom is -0.494 e. The summed E-state index contributed by atoms with van der Waals surface area (Å²) in [5.41, 5.74) is 5.68. The molecule has 0 bridgehead atoms. The molecule has 0 spiro atoms. The Hall–Kier alpha value is -2.64. The average Bonchev–Trinajstić information content (AvgIpc) is 2.61. The van der Waals surface area contributed by atoms with Crippen LogP contribution in [0.1, 0.15) is 0 Å². The van der Waals surface area contributed by atoms with Crippen LogP contribution in [0, 0.1) is 11.6 Å². The topological polar surface area (TPSA) is 77.3 Å². The third-order valence-electron chi connectivity index (χ3n) is 3.74. The second kappa shape index (κ2) is 8.16. The summed E-state index contributed by atoms with van der Waals surface area (Å²) in [5.74, 6) is -0.723. The summed E-state index contributed by atoms with van der Waals surface area (Å²) in [6.07, 6.45) is 0. The van der Waals surface area contributed by atoms with Gasteiger partial charge in [-0.2, -0.15) is 0 Å². The summed E-state index contributed by atoms with van der Waals surface area (Å²) in [6, 6.07) is 8.09. The van der Waals surface area contributed by atoms with Gasteiger partial charge in [0.2, 0.25) is 0 Å². The number of H-pyrrole nitrogens is 1. The van der Waals surface area contributed by atoms with Gasteiger partial charge in [0.1, 0.15) is 12.4 Å². The first-order chi connectivity index (χ1) is 12.0. The number of hydrogen-bond donors (Lipinski definition) is 2. The van der Waals surface area contributed by atoms with Gasteiger partial charge in [0.25, 0.3) is 5.56 Å². The zero-order valence-corrected chi connectivity index (χ0v) is 14.7. The van der Waals surface area contributed by atoms with E-state index in [0.717, 1.165) is 6.07 Å². The van der Waals surface area contributed by atoms with Crippen molar-refractivity contribution in [3.8, 4) is 22.8 Å². The van der Waals surface area contributed by atoms with Crippen LogP contribution in [-0.2, 0) is 0 Å². The standard InChI is InChI=1S/C18H16F2N2O3.ClH/c1-24-15-5-2-10(8-14(15)20)16-17(25-7-6-21)12-4-3-11(19)9-13(12)18(23)22-16;/h2-5,8-9H,6-7,21H2,1H3,(H,22,23);1H. The Labute approximate surface area is 154 Å². The van der Waals surface area contributed by atoms with Crippen molar-refractivity contribution in [2.75, 3.05) is 20.3 Å². The van der Waals surface area contributed by atoms with E-state index in [9.17, 15) is 13.6 Å². The molecule has 138 valence electrons. The lowest BCUT2D eigenvalue weighted by Gasteiger charge is -2.14. The van der Waals surface area contributed by atoms with Gasteiger partial charge in [0.05, 0.1) is 18.2 Å². The highest BCUT2D eigenvalue weighted by Gasteiger charge is 2.16. The Morgan fingerprint density at radius 1 is 1.12 bits per heavy atom. The molecule has 0 radical (unpaired) electrons. The second-order valence-corrected chi connectivity index (χ2v) is 5.33. The quantitative estimate of drug-likeness (QED) is 0.710. The van der Waals surface area contributed by atoms with Crippen LogP contribution in [0.15, 0.2) is 41.2 Å². The number of methoxy groups -OCH3 is 1. The van der Waals surface area contributed by atoms with Gasteiger partial charge >= 0.3 is 0 Å². The number of aromatic nitrogens is 1. The summed E-state index contributed by atoms with van der Waals surface area (Å²) < 4.78 is 38.1. The summed E-state index contributed by atoms with van der Waals surface area (Å²) >= 11 is 0. The Morgan fingerprint density at radius 2 is 1.88 bits per heavy atom. The maximum Gasteiger partial charge on any atom is 0.256 e. The van der Waals surface area contributed by atoms with E-state index in [-0.39, 0.29) is 36.7 Å². The average molecular weight is 383 g/mol. The maximum absolute atomic E-state index is 14.1. The lowest BCUT2D eigenvalue weighted by molar-refractivity contribution is 0.332. The number of nitrogens with one attached hydrogen (secondary N) is 1. The number of aromatic amines is 1. The zero-order valence-electron chi connectivity index (χ0n) is 13.8. The first-order valence-corrected chi connectivity index (χ1v) is 7.57. The number of halogens is 3. The van der Waals surface area contributed by atoms with Gasteiger partial charge in [0, 0.05) is 17.5 Å². The maximum atomic E-state index is 14.1. The Morgan fingerprint density at radius 3 is 2.54 bits per heavy atom. The van der Waals surface area contributed by atoms with Crippen LogP contribution >= 0.6 is 12.4 Å². The SMILES string of the molecule is COc1ccc(-c2[nH]c(=O)c3cc(F)ccc3c2OCCN)cc1F.Cl. The molecule has 2 aromatic carbocycles. The van der Waals surface area contributed by atoms with Gasteiger partial charge in [0.15, 0.2) is 17.3 Å². The van der Waals surface area contributed by atoms with Gasteiger partial charge in [-0.1, -0.05) is 0 Å². The van der Waals surface area contributed by atoms with Crippen molar-refractivity contribution in [1.29, 1.82) is 0 Å². The first kappa shape index (κ1) is 19.7. The highest BCUT2D eigenvalue weighted by molar-refractivity contribution is 5.93. The Bertz CT molecular complexity index is 992. The third kappa shape index (κ3) is 3.63. The fourth-order valence-electron chi connectivity index (χ4n) is 2.61. The fraction of sp³-hybridized carbons (Fsp3) is 0.167. The van der Waals surface area contributed by atoms with Crippen molar-refractivity contribution in [3.63, 3.8) is 0 Å². The Balaban J connectivity index is 0.00000243. The summed E-state index contributed by atoms with van der Waals surface area (Å²) in [4.78, 5) is 15.0. The molecule has 0 amide bonds. The van der Waals surface area contributed by atoms with Crippen molar-refractivity contribution in [1.82, 2.24) is 4.98 Å². The minimum atomic E-state index is -0.579. The van der Waals surface area contributed by atoms with Crippen molar-refractivity contribution < 1.29 is 18.3 Å². The van der Waals surface area contributed by atoms with Gasteiger partial charge in [-0.3, -0.25) is 4.79 Å². The fourth-order valence-corrected chi connectivity index (χ4v) is 2.61. The molecule has 3 aromatic rings. The van der Waals surface area contributed by atoms with E-state index in [2.05, 4.69) is 4.98 Å². The van der Waals surface area contributed by atoms with Crippen LogP contribution in [0.5, 0.6) is 11.5 Å². The predicted octanol–water partition coefficient (Wildman–Crippen LogP) is 3.24. The molecular weight excluding hydrogens is 366 g/mol. The number of ether oxygens (including phenoxy) is 2. The van der Waals surface area contributed by atoms with E-state index in [1.165, 1.54) is 31.4 Å². The molecule has 0 saturated carbocycles. The number of hydrogen-bond acceptors (Lipinski definition) is 4. The van der Waals surface area contributed by atoms with Crippen LogP contribution < -0.4 is 20.8 Å². The molecule has 8 heteroatoms. The van der Waals surface area contributed by atoms with Crippen LogP contribution in [-0.4, -0.2) is 25.2 Å². The van der Waals surface area contributed by atoms with Crippen molar-refractivity contribution >= 4 is 23.2 Å². The molecule has 3 rings (SSSR count). The third-order valence-corrected chi connectivity index (χ3v) is 3.74. The molecule has 1 aromatic heterocycles. The second-order valence-electron chi connectivity index (χ2n) is 5.33. The van der Waals surface area contributed by atoms with E-state index < -0.39 is 17.2 Å².